The van der Waals surface area contributed by atoms with Gasteiger partial charge in [0.2, 0.25) is 0 Å². The normalized spacial score (nSPS) is 10.4. The Morgan fingerprint density at radius 2 is 1.58 bits per heavy atom. The third-order valence-corrected chi connectivity index (χ3v) is 3.37. The van der Waals surface area contributed by atoms with Gasteiger partial charge in [-0.2, -0.15) is 0 Å². The minimum absolute atomic E-state index is 0.897. The van der Waals surface area contributed by atoms with Crippen LogP contribution >= 0.6 is 15.9 Å². The maximum atomic E-state index is 4.40. The lowest BCUT2D eigenvalue weighted by Crippen LogP contribution is -1.91. The molecule has 2 nitrogen and oxygen atoms in total. The van der Waals surface area contributed by atoms with Crippen LogP contribution in [0.4, 0.5) is 0 Å². The summed E-state index contributed by atoms with van der Waals surface area (Å²) in [5.41, 5.74) is 3.95. The van der Waals surface area contributed by atoms with Crippen molar-refractivity contribution in [3.63, 3.8) is 0 Å². The first-order valence-electron chi connectivity index (χ1n) is 5.88. The van der Waals surface area contributed by atoms with E-state index in [9.17, 15) is 0 Å². The van der Waals surface area contributed by atoms with E-state index in [-0.39, 0.29) is 0 Å². The topological polar surface area (TPSA) is 25.8 Å². The van der Waals surface area contributed by atoms with Gasteiger partial charge in [-0.3, -0.25) is 0 Å². The van der Waals surface area contributed by atoms with Crippen LogP contribution in [0.1, 0.15) is 0 Å². The first-order valence-corrected chi connectivity index (χ1v) is 6.68. The molecule has 0 bridgehead atoms. The summed E-state index contributed by atoms with van der Waals surface area (Å²) in [6.07, 6.45) is 4.57. The molecule has 1 heterocycles. The van der Waals surface area contributed by atoms with Gasteiger partial charge in [0.15, 0.2) is 0 Å². The molecule has 3 heteroatoms. The van der Waals surface area contributed by atoms with Gasteiger partial charge in [-0.05, 0) is 17.7 Å². The van der Waals surface area contributed by atoms with Crippen molar-refractivity contribution in [3.05, 3.63) is 71.6 Å². The maximum Gasteiger partial charge on any atom is 0.116 e. The molecule has 0 aliphatic rings. The molecule has 1 radical (unpaired) electrons. The van der Waals surface area contributed by atoms with E-state index in [1.165, 1.54) is 6.33 Å². The second-order valence-corrected chi connectivity index (χ2v) is 5.00. The van der Waals surface area contributed by atoms with Crippen molar-refractivity contribution >= 4 is 15.9 Å². The maximum absolute atomic E-state index is 4.40. The number of benzene rings is 2. The zero-order valence-corrected chi connectivity index (χ0v) is 11.6. The van der Waals surface area contributed by atoms with Crippen LogP contribution in [0.5, 0.6) is 0 Å². The minimum atomic E-state index is 0.897. The van der Waals surface area contributed by atoms with E-state index in [1.807, 2.05) is 54.6 Å². The molecule has 0 amide bonds. The van der Waals surface area contributed by atoms with Gasteiger partial charge in [-0.25, -0.2) is 9.97 Å². The number of rotatable bonds is 2. The highest BCUT2D eigenvalue weighted by Crippen LogP contribution is 2.29. The van der Waals surface area contributed by atoms with Crippen LogP contribution in [0.25, 0.3) is 22.4 Å². The van der Waals surface area contributed by atoms with Crippen molar-refractivity contribution in [1.82, 2.24) is 9.97 Å². The van der Waals surface area contributed by atoms with Crippen molar-refractivity contribution in [1.29, 1.82) is 0 Å². The summed E-state index contributed by atoms with van der Waals surface area (Å²) in [6.45, 7) is 0. The molecule has 1 aromatic heterocycles. The molecule has 19 heavy (non-hydrogen) atoms. The third-order valence-electron chi connectivity index (χ3n) is 2.84. The quantitative estimate of drug-likeness (QED) is 0.702. The molecule has 0 N–H and O–H groups in total. The van der Waals surface area contributed by atoms with E-state index in [4.69, 9.17) is 0 Å². The fourth-order valence-corrected chi connectivity index (χ4v) is 2.19. The van der Waals surface area contributed by atoms with E-state index in [2.05, 4.69) is 32.1 Å². The van der Waals surface area contributed by atoms with E-state index in [0.29, 0.717) is 0 Å². The zero-order chi connectivity index (χ0) is 13.1. The Kier molecular flexibility index (Phi) is 3.38. The van der Waals surface area contributed by atoms with Gasteiger partial charge in [0.25, 0.3) is 0 Å². The first kappa shape index (κ1) is 12.1. The van der Waals surface area contributed by atoms with Crippen molar-refractivity contribution in [2.24, 2.45) is 0 Å². The molecule has 3 rings (SSSR count). The average Bonchev–Trinajstić information content (AvgIpc) is 2.49. The Balaban J connectivity index is 2.15. The van der Waals surface area contributed by atoms with Gasteiger partial charge < -0.3 is 0 Å². The molecular formula is C16H10BrN2. The fraction of sp³-hybridized carbons (Fsp3) is 0. The lowest BCUT2D eigenvalue weighted by atomic mass is 10.0. The molecule has 0 spiro atoms. The molecule has 0 fully saturated rings. The van der Waals surface area contributed by atoms with Crippen molar-refractivity contribution < 1.29 is 0 Å². The van der Waals surface area contributed by atoms with Crippen LogP contribution in [0.2, 0.25) is 0 Å². The van der Waals surface area contributed by atoms with Crippen LogP contribution in [0, 0.1) is 6.20 Å². The molecule has 2 aromatic carbocycles. The average molecular weight is 310 g/mol. The van der Waals surface area contributed by atoms with Crippen LogP contribution in [0.15, 0.2) is 65.4 Å². The van der Waals surface area contributed by atoms with Crippen molar-refractivity contribution in [2.45, 2.75) is 0 Å². The summed E-state index contributed by atoms with van der Waals surface area (Å²) in [7, 11) is 0. The van der Waals surface area contributed by atoms with Crippen LogP contribution in [0.3, 0.4) is 0 Å². The zero-order valence-electron chi connectivity index (χ0n) is 10.0. The summed E-state index contributed by atoms with van der Waals surface area (Å²) < 4.78 is 1.05. The summed E-state index contributed by atoms with van der Waals surface area (Å²) in [4.78, 5) is 8.42. The Hall–Kier alpha value is -2.00. The lowest BCUT2D eigenvalue weighted by Gasteiger charge is -2.07. The van der Waals surface area contributed by atoms with E-state index in [0.717, 1.165) is 26.9 Å². The molecular weight excluding hydrogens is 300 g/mol. The Morgan fingerprint density at radius 1 is 0.842 bits per heavy atom. The van der Waals surface area contributed by atoms with E-state index in [1.54, 1.807) is 0 Å². The summed E-state index contributed by atoms with van der Waals surface area (Å²) in [5, 5.41) is 0. The monoisotopic (exact) mass is 309 g/mol. The number of aromatic nitrogens is 2. The van der Waals surface area contributed by atoms with Gasteiger partial charge in [0.1, 0.15) is 12.5 Å². The van der Waals surface area contributed by atoms with Gasteiger partial charge in [0.05, 0.1) is 5.69 Å². The number of nitrogens with zero attached hydrogens (tertiary/aromatic N) is 2. The summed E-state index contributed by atoms with van der Waals surface area (Å²) in [6, 6.07) is 18.2. The van der Waals surface area contributed by atoms with Crippen molar-refractivity contribution in [2.75, 3.05) is 0 Å². The van der Waals surface area contributed by atoms with E-state index < -0.39 is 0 Å². The Bertz CT molecular complexity index is 679. The Labute approximate surface area is 120 Å². The lowest BCUT2D eigenvalue weighted by molar-refractivity contribution is 1.16. The number of halogens is 1. The van der Waals surface area contributed by atoms with Gasteiger partial charge in [-0.1, -0.05) is 58.4 Å². The molecule has 91 valence electrons. The Morgan fingerprint density at radius 3 is 2.32 bits per heavy atom. The highest BCUT2D eigenvalue weighted by Gasteiger charge is 2.08. The van der Waals surface area contributed by atoms with Crippen LogP contribution in [-0.2, 0) is 0 Å². The SMILES string of the molecule is Brc1ccc(-c2ncn[c]c2-c2ccccc2)cc1. The standard InChI is InChI=1S/C16H10BrN2/c17-14-8-6-13(7-9-14)16-15(10-18-11-19-16)12-4-2-1-3-5-12/h1-9,11H. The minimum Gasteiger partial charge on any atom is -0.236 e. The van der Waals surface area contributed by atoms with Crippen LogP contribution in [-0.4, -0.2) is 9.97 Å². The summed E-state index contributed by atoms with van der Waals surface area (Å²) in [5.74, 6) is 0. The molecule has 0 atom stereocenters. The predicted molar refractivity (Wildman–Crippen MR) is 79.4 cm³/mol. The molecule has 0 saturated carbocycles. The highest BCUT2D eigenvalue weighted by atomic mass is 79.9. The van der Waals surface area contributed by atoms with Gasteiger partial charge in [0, 0.05) is 15.6 Å². The third kappa shape index (κ3) is 2.56. The van der Waals surface area contributed by atoms with Gasteiger partial charge in [-0.15, -0.1) is 0 Å². The molecule has 3 aromatic rings. The number of hydrogen-bond donors (Lipinski definition) is 0. The predicted octanol–water partition coefficient (Wildman–Crippen LogP) is 4.37. The van der Waals surface area contributed by atoms with Crippen molar-refractivity contribution in [3.8, 4) is 22.4 Å². The van der Waals surface area contributed by atoms with E-state index >= 15 is 0 Å². The first-order chi connectivity index (χ1) is 9.34. The smallest absolute Gasteiger partial charge is 0.116 e. The molecule has 0 unspecified atom stereocenters. The largest absolute Gasteiger partial charge is 0.236 e. The number of hydrogen-bond acceptors (Lipinski definition) is 2. The highest BCUT2D eigenvalue weighted by molar-refractivity contribution is 9.10. The second-order valence-electron chi connectivity index (χ2n) is 4.08. The molecule has 0 aliphatic heterocycles. The second kappa shape index (κ2) is 5.33. The molecule has 0 saturated heterocycles. The summed E-state index contributed by atoms with van der Waals surface area (Å²) >= 11 is 3.44. The van der Waals surface area contributed by atoms with Gasteiger partial charge >= 0.3 is 0 Å². The molecule has 0 aliphatic carbocycles. The van der Waals surface area contributed by atoms with Crippen LogP contribution < -0.4 is 0 Å². The fourth-order valence-electron chi connectivity index (χ4n) is 1.93.